The zero-order chi connectivity index (χ0) is 25.7. The first-order valence-corrected chi connectivity index (χ1v) is 13.3. The van der Waals surface area contributed by atoms with E-state index in [0.717, 1.165) is 66.5 Å². The number of hydrogen-bond donors (Lipinski definition) is 1. The first-order chi connectivity index (χ1) is 17.7. The molecular weight excluding hydrogens is 456 g/mol. The van der Waals surface area contributed by atoms with Crippen LogP contribution in [0.2, 0.25) is 0 Å². The van der Waals surface area contributed by atoms with E-state index >= 15 is 0 Å². The Bertz CT molecular complexity index is 1560. The molecule has 6 rings (SSSR count). The van der Waals surface area contributed by atoms with Gasteiger partial charge in [-0.2, -0.15) is 0 Å². The van der Waals surface area contributed by atoms with Gasteiger partial charge in [-0.1, -0.05) is 51.1 Å². The first-order valence-electron chi connectivity index (χ1n) is 13.3. The summed E-state index contributed by atoms with van der Waals surface area (Å²) in [6, 6.07) is 19.6. The van der Waals surface area contributed by atoms with E-state index in [-0.39, 0.29) is 5.41 Å². The Hall–Kier alpha value is -3.64. The van der Waals surface area contributed by atoms with Gasteiger partial charge in [0.15, 0.2) is 0 Å². The van der Waals surface area contributed by atoms with Gasteiger partial charge in [0, 0.05) is 50.2 Å². The molecule has 0 saturated carbocycles. The number of para-hydroxylation sites is 1. The fourth-order valence-corrected chi connectivity index (χ4v) is 5.47. The third-order valence-electron chi connectivity index (χ3n) is 7.58. The predicted molar refractivity (Wildman–Crippen MR) is 152 cm³/mol. The SMILES string of the molecule is Cc1cc(C)n2cc(CN3CCN(c4cccc5nc(-c6ccc(C(C)(C)C)cc6)[nH]c45)CC3)nc2c1. The van der Waals surface area contributed by atoms with Gasteiger partial charge in [0.05, 0.1) is 22.4 Å². The van der Waals surface area contributed by atoms with Crippen molar-refractivity contribution in [3.05, 3.63) is 83.3 Å². The number of piperazine rings is 1. The fourth-order valence-electron chi connectivity index (χ4n) is 5.47. The van der Waals surface area contributed by atoms with Crippen molar-refractivity contribution in [3.8, 4) is 11.4 Å². The number of nitrogens with one attached hydrogen (secondary N) is 1. The molecule has 1 saturated heterocycles. The van der Waals surface area contributed by atoms with Gasteiger partial charge in [-0.05, 0) is 54.7 Å². The maximum Gasteiger partial charge on any atom is 0.138 e. The third-order valence-corrected chi connectivity index (χ3v) is 7.58. The van der Waals surface area contributed by atoms with Crippen LogP contribution >= 0.6 is 0 Å². The van der Waals surface area contributed by atoms with Crippen LogP contribution in [0.15, 0.2) is 60.8 Å². The van der Waals surface area contributed by atoms with Gasteiger partial charge < -0.3 is 14.3 Å². The average Bonchev–Trinajstić information content (AvgIpc) is 3.48. The standard InChI is InChI=1S/C31H36N6/c1-21-17-22(2)37-20-25(32-28(37)18-21)19-35-13-15-36(16-14-35)27-8-6-7-26-29(27)34-30(33-26)23-9-11-24(12-10-23)31(3,4)5/h6-12,17-18,20H,13-16,19H2,1-5H3,(H,33,34). The summed E-state index contributed by atoms with van der Waals surface area (Å²) in [5.74, 6) is 0.930. The zero-order valence-corrected chi connectivity index (χ0v) is 22.5. The highest BCUT2D eigenvalue weighted by Crippen LogP contribution is 2.30. The number of aromatic nitrogens is 4. The van der Waals surface area contributed by atoms with E-state index in [2.05, 4.69) is 115 Å². The number of nitrogens with zero attached hydrogens (tertiary/aromatic N) is 5. The second kappa shape index (κ2) is 9.03. The lowest BCUT2D eigenvalue weighted by molar-refractivity contribution is 0.247. The molecule has 1 N–H and O–H groups in total. The minimum absolute atomic E-state index is 0.144. The van der Waals surface area contributed by atoms with Crippen molar-refractivity contribution in [2.24, 2.45) is 0 Å². The topological polar surface area (TPSA) is 52.5 Å². The largest absolute Gasteiger partial charge is 0.367 e. The number of aromatic amines is 1. The molecule has 0 amide bonds. The summed E-state index contributed by atoms with van der Waals surface area (Å²) in [7, 11) is 0. The molecule has 2 aromatic carbocycles. The summed E-state index contributed by atoms with van der Waals surface area (Å²) < 4.78 is 2.20. The molecule has 6 heteroatoms. The molecule has 1 fully saturated rings. The van der Waals surface area contributed by atoms with Crippen molar-refractivity contribution in [2.75, 3.05) is 31.1 Å². The number of anilines is 1. The highest BCUT2D eigenvalue weighted by molar-refractivity contribution is 5.91. The quantitative estimate of drug-likeness (QED) is 0.329. The first kappa shape index (κ1) is 23.7. The molecular formula is C31H36N6. The molecule has 0 radical (unpaired) electrons. The molecule has 3 aromatic heterocycles. The van der Waals surface area contributed by atoms with E-state index in [0.29, 0.717) is 0 Å². The average molecular weight is 493 g/mol. The number of imidazole rings is 2. The lowest BCUT2D eigenvalue weighted by atomic mass is 9.87. The van der Waals surface area contributed by atoms with Gasteiger partial charge in [0.2, 0.25) is 0 Å². The highest BCUT2D eigenvalue weighted by atomic mass is 15.3. The summed E-state index contributed by atoms with van der Waals surface area (Å²) >= 11 is 0. The lowest BCUT2D eigenvalue weighted by Gasteiger charge is -2.35. The molecule has 1 aliphatic heterocycles. The smallest absolute Gasteiger partial charge is 0.138 e. The molecule has 37 heavy (non-hydrogen) atoms. The van der Waals surface area contributed by atoms with E-state index in [1.165, 1.54) is 22.5 Å². The van der Waals surface area contributed by atoms with Crippen LogP contribution in [0.3, 0.4) is 0 Å². The van der Waals surface area contributed by atoms with Crippen molar-refractivity contribution in [2.45, 2.75) is 46.6 Å². The maximum atomic E-state index is 4.93. The second-order valence-corrected chi connectivity index (χ2v) is 11.5. The number of H-pyrrole nitrogens is 1. The molecule has 6 nitrogen and oxygen atoms in total. The van der Waals surface area contributed by atoms with Crippen LogP contribution in [0.1, 0.15) is 43.3 Å². The maximum absolute atomic E-state index is 4.93. The van der Waals surface area contributed by atoms with Crippen LogP contribution in [-0.2, 0) is 12.0 Å². The monoisotopic (exact) mass is 492 g/mol. The summed E-state index contributed by atoms with van der Waals surface area (Å²) in [6.45, 7) is 15.9. The molecule has 0 aliphatic carbocycles. The van der Waals surface area contributed by atoms with Crippen molar-refractivity contribution in [1.29, 1.82) is 0 Å². The summed E-state index contributed by atoms with van der Waals surface area (Å²) in [5.41, 5.74) is 10.6. The van der Waals surface area contributed by atoms with Crippen LogP contribution < -0.4 is 4.90 Å². The van der Waals surface area contributed by atoms with Gasteiger partial charge in [0.1, 0.15) is 11.5 Å². The number of pyridine rings is 1. The minimum Gasteiger partial charge on any atom is -0.367 e. The predicted octanol–water partition coefficient (Wildman–Crippen LogP) is 6.11. The second-order valence-electron chi connectivity index (χ2n) is 11.5. The molecule has 4 heterocycles. The fraction of sp³-hybridized carbons (Fsp3) is 0.355. The van der Waals surface area contributed by atoms with E-state index < -0.39 is 0 Å². The summed E-state index contributed by atoms with van der Waals surface area (Å²) in [5, 5.41) is 0. The van der Waals surface area contributed by atoms with Gasteiger partial charge in [-0.15, -0.1) is 0 Å². The number of hydrogen-bond acceptors (Lipinski definition) is 4. The van der Waals surface area contributed by atoms with Crippen molar-refractivity contribution < 1.29 is 0 Å². The van der Waals surface area contributed by atoms with Crippen LogP contribution in [0.4, 0.5) is 5.69 Å². The van der Waals surface area contributed by atoms with Gasteiger partial charge in [-0.3, -0.25) is 4.90 Å². The molecule has 0 spiro atoms. The highest BCUT2D eigenvalue weighted by Gasteiger charge is 2.21. The van der Waals surface area contributed by atoms with Gasteiger partial charge in [-0.25, -0.2) is 9.97 Å². The number of fused-ring (bicyclic) bond motifs is 2. The van der Waals surface area contributed by atoms with Crippen LogP contribution in [0.5, 0.6) is 0 Å². The lowest BCUT2D eigenvalue weighted by Crippen LogP contribution is -2.46. The zero-order valence-electron chi connectivity index (χ0n) is 22.5. The van der Waals surface area contributed by atoms with Crippen molar-refractivity contribution in [3.63, 3.8) is 0 Å². The number of rotatable bonds is 4. The van der Waals surface area contributed by atoms with Crippen molar-refractivity contribution in [1.82, 2.24) is 24.3 Å². The van der Waals surface area contributed by atoms with Crippen LogP contribution in [0, 0.1) is 13.8 Å². The van der Waals surface area contributed by atoms with Crippen LogP contribution in [0.25, 0.3) is 28.1 Å². The van der Waals surface area contributed by atoms with Gasteiger partial charge >= 0.3 is 0 Å². The molecule has 0 bridgehead atoms. The normalized spacial score (nSPS) is 15.2. The minimum atomic E-state index is 0.144. The Kier molecular flexibility index (Phi) is 5.80. The van der Waals surface area contributed by atoms with E-state index in [4.69, 9.17) is 9.97 Å². The third kappa shape index (κ3) is 4.62. The molecule has 0 unspecified atom stereocenters. The number of benzene rings is 2. The van der Waals surface area contributed by atoms with Crippen LogP contribution in [-0.4, -0.2) is 50.4 Å². The Morgan fingerprint density at radius 2 is 1.65 bits per heavy atom. The summed E-state index contributed by atoms with van der Waals surface area (Å²) in [4.78, 5) is 18.5. The van der Waals surface area contributed by atoms with Crippen molar-refractivity contribution >= 4 is 22.4 Å². The number of aryl methyl sites for hydroxylation is 2. The van der Waals surface area contributed by atoms with E-state index in [9.17, 15) is 0 Å². The van der Waals surface area contributed by atoms with Gasteiger partial charge in [0.25, 0.3) is 0 Å². The molecule has 0 atom stereocenters. The Balaban J connectivity index is 1.17. The van der Waals surface area contributed by atoms with E-state index in [1.54, 1.807) is 0 Å². The summed E-state index contributed by atoms with van der Waals surface area (Å²) in [6.07, 6.45) is 2.19. The Morgan fingerprint density at radius 1 is 0.892 bits per heavy atom. The Morgan fingerprint density at radius 3 is 2.38 bits per heavy atom. The molecule has 5 aromatic rings. The molecule has 1 aliphatic rings. The Labute approximate surface area is 219 Å². The van der Waals surface area contributed by atoms with E-state index in [1.807, 2.05) is 0 Å². The molecule has 190 valence electrons.